The van der Waals surface area contributed by atoms with Gasteiger partial charge in [-0.3, -0.25) is 15.6 Å². The van der Waals surface area contributed by atoms with Crippen LogP contribution in [-0.4, -0.2) is 10.9 Å². The summed E-state index contributed by atoms with van der Waals surface area (Å²) in [4.78, 5) is 16.7. The number of para-hydroxylation sites is 2. The Balaban J connectivity index is 1.80. The third-order valence-electron chi connectivity index (χ3n) is 4.17. The Morgan fingerprint density at radius 2 is 1.54 bits per heavy atom. The van der Waals surface area contributed by atoms with Crippen molar-refractivity contribution in [3.05, 3.63) is 48.5 Å². The number of carbonyl (C=O) groups excluding carboxylic acids is 1. The molecule has 0 fully saturated rings. The first kappa shape index (κ1) is 16.2. The second-order valence-electron chi connectivity index (χ2n) is 6.00. The minimum absolute atomic E-state index is 0.0241. The Morgan fingerprint density at radius 1 is 0.917 bits per heavy atom. The second-order valence-corrected chi connectivity index (χ2v) is 6.00. The molecule has 0 unspecified atom stereocenters. The fraction of sp³-hybridized carbons (Fsp3) is 0.300. The fourth-order valence-electron chi connectivity index (χ4n) is 2.88. The number of hydrazine groups is 1. The summed E-state index contributed by atoms with van der Waals surface area (Å²) in [7, 11) is 0. The number of unbranched alkanes of at least 4 members (excludes halogenated alkanes) is 3. The van der Waals surface area contributed by atoms with Gasteiger partial charge in [-0.15, -0.1) is 0 Å². The van der Waals surface area contributed by atoms with Crippen molar-refractivity contribution in [2.24, 2.45) is 0 Å². The highest BCUT2D eigenvalue weighted by Gasteiger charge is 2.09. The summed E-state index contributed by atoms with van der Waals surface area (Å²) in [5, 5.41) is 2.00. The molecular formula is C20H23N3O. The maximum Gasteiger partial charge on any atom is 0.238 e. The van der Waals surface area contributed by atoms with Crippen LogP contribution in [0.25, 0.3) is 21.8 Å². The van der Waals surface area contributed by atoms with E-state index >= 15 is 0 Å². The van der Waals surface area contributed by atoms with Gasteiger partial charge in [-0.25, -0.2) is 4.98 Å². The zero-order valence-corrected chi connectivity index (χ0v) is 14.0. The standard InChI is InChI=1S/C20H23N3O/c1-2-3-4-5-14-19(24)22-23-20-15-10-6-8-12-17(15)21-18-13-9-7-11-16(18)20/h6-13H,2-5,14H2,1H3,(H,21,23)(H,22,24). The predicted octanol–water partition coefficient (Wildman–Crippen LogP) is 4.80. The lowest BCUT2D eigenvalue weighted by atomic mass is 10.1. The molecule has 1 amide bonds. The van der Waals surface area contributed by atoms with Crippen molar-refractivity contribution < 1.29 is 4.79 Å². The molecule has 3 aromatic rings. The number of hydrogen-bond acceptors (Lipinski definition) is 3. The average Bonchev–Trinajstić information content (AvgIpc) is 2.62. The van der Waals surface area contributed by atoms with Crippen LogP contribution in [0.4, 0.5) is 5.69 Å². The molecule has 0 bridgehead atoms. The lowest BCUT2D eigenvalue weighted by molar-refractivity contribution is -0.120. The normalized spacial score (nSPS) is 10.9. The molecule has 0 aliphatic heterocycles. The lowest BCUT2D eigenvalue weighted by Gasteiger charge is -2.14. The number of aromatic nitrogens is 1. The van der Waals surface area contributed by atoms with Crippen LogP contribution in [0, 0.1) is 0 Å². The van der Waals surface area contributed by atoms with Crippen molar-refractivity contribution in [2.75, 3.05) is 5.43 Å². The molecule has 2 N–H and O–H groups in total. The molecule has 124 valence electrons. The summed E-state index contributed by atoms with van der Waals surface area (Å²) in [5.41, 5.74) is 8.70. The molecule has 0 radical (unpaired) electrons. The summed E-state index contributed by atoms with van der Waals surface area (Å²) >= 11 is 0. The Hall–Kier alpha value is -2.62. The topological polar surface area (TPSA) is 54.0 Å². The molecule has 0 spiro atoms. The molecule has 2 aromatic carbocycles. The van der Waals surface area contributed by atoms with Crippen molar-refractivity contribution >= 4 is 33.4 Å². The van der Waals surface area contributed by atoms with Crippen LogP contribution in [0.2, 0.25) is 0 Å². The van der Waals surface area contributed by atoms with Gasteiger partial charge in [0.05, 0.1) is 16.7 Å². The molecule has 3 rings (SSSR count). The zero-order chi connectivity index (χ0) is 16.8. The highest BCUT2D eigenvalue weighted by Crippen LogP contribution is 2.29. The first-order valence-corrected chi connectivity index (χ1v) is 8.62. The number of nitrogens with zero attached hydrogens (tertiary/aromatic N) is 1. The number of nitrogens with one attached hydrogen (secondary N) is 2. The molecule has 0 aliphatic rings. The maximum atomic E-state index is 12.1. The van der Waals surface area contributed by atoms with Gasteiger partial charge < -0.3 is 0 Å². The van der Waals surface area contributed by atoms with E-state index in [-0.39, 0.29) is 5.91 Å². The number of anilines is 1. The van der Waals surface area contributed by atoms with E-state index in [4.69, 9.17) is 0 Å². The van der Waals surface area contributed by atoms with E-state index in [0.717, 1.165) is 40.3 Å². The number of carbonyl (C=O) groups is 1. The first-order valence-electron chi connectivity index (χ1n) is 8.62. The van der Waals surface area contributed by atoms with Gasteiger partial charge >= 0.3 is 0 Å². The van der Waals surface area contributed by atoms with Crippen LogP contribution in [0.15, 0.2) is 48.5 Å². The molecule has 24 heavy (non-hydrogen) atoms. The number of hydrogen-bond donors (Lipinski definition) is 2. The van der Waals surface area contributed by atoms with Gasteiger partial charge in [0.15, 0.2) is 0 Å². The molecular weight excluding hydrogens is 298 g/mol. The van der Waals surface area contributed by atoms with Gasteiger partial charge in [0, 0.05) is 17.2 Å². The van der Waals surface area contributed by atoms with Crippen LogP contribution < -0.4 is 10.9 Å². The van der Waals surface area contributed by atoms with Crippen molar-refractivity contribution in [2.45, 2.75) is 39.0 Å². The first-order chi connectivity index (χ1) is 11.8. The number of benzene rings is 2. The average molecular weight is 321 g/mol. The van der Waals surface area contributed by atoms with Gasteiger partial charge in [0.1, 0.15) is 0 Å². The lowest BCUT2D eigenvalue weighted by Crippen LogP contribution is -2.29. The molecule has 0 saturated carbocycles. The van der Waals surface area contributed by atoms with Gasteiger partial charge in [-0.05, 0) is 18.6 Å². The van der Waals surface area contributed by atoms with Crippen LogP contribution in [-0.2, 0) is 4.79 Å². The van der Waals surface area contributed by atoms with Crippen molar-refractivity contribution in [1.29, 1.82) is 0 Å². The smallest absolute Gasteiger partial charge is 0.238 e. The summed E-state index contributed by atoms with van der Waals surface area (Å²) < 4.78 is 0. The van der Waals surface area contributed by atoms with Gasteiger partial charge in [-0.2, -0.15) is 0 Å². The highest BCUT2D eigenvalue weighted by molar-refractivity contribution is 6.07. The number of pyridine rings is 1. The highest BCUT2D eigenvalue weighted by atomic mass is 16.2. The Labute approximate surface area is 142 Å². The monoisotopic (exact) mass is 321 g/mol. The molecule has 1 aromatic heterocycles. The van der Waals surface area contributed by atoms with Crippen molar-refractivity contribution in [1.82, 2.24) is 10.4 Å². The van der Waals surface area contributed by atoms with Crippen LogP contribution in [0.1, 0.15) is 39.0 Å². The van der Waals surface area contributed by atoms with E-state index in [9.17, 15) is 4.79 Å². The zero-order valence-electron chi connectivity index (χ0n) is 14.0. The van der Waals surface area contributed by atoms with Crippen LogP contribution in [0.5, 0.6) is 0 Å². The summed E-state index contributed by atoms with van der Waals surface area (Å²) in [6, 6.07) is 15.9. The SMILES string of the molecule is CCCCCCC(=O)NNc1c2ccccc2nc2ccccc12. The quantitative estimate of drug-likeness (QED) is 0.373. The molecule has 4 nitrogen and oxygen atoms in total. The minimum atomic E-state index is 0.0241. The minimum Gasteiger partial charge on any atom is -0.297 e. The van der Waals surface area contributed by atoms with E-state index in [1.807, 2.05) is 48.5 Å². The van der Waals surface area contributed by atoms with Crippen LogP contribution >= 0.6 is 0 Å². The Bertz CT molecular complexity index is 791. The Morgan fingerprint density at radius 3 is 2.17 bits per heavy atom. The van der Waals surface area contributed by atoms with E-state index < -0.39 is 0 Å². The number of fused-ring (bicyclic) bond motifs is 2. The van der Waals surface area contributed by atoms with E-state index in [1.165, 1.54) is 12.8 Å². The second kappa shape index (κ2) is 7.77. The van der Waals surface area contributed by atoms with E-state index in [0.29, 0.717) is 6.42 Å². The predicted molar refractivity (Wildman–Crippen MR) is 99.8 cm³/mol. The molecule has 0 saturated heterocycles. The molecule has 4 heteroatoms. The van der Waals surface area contributed by atoms with E-state index in [1.54, 1.807) is 0 Å². The molecule has 0 aliphatic carbocycles. The summed E-state index contributed by atoms with van der Waals surface area (Å²) in [5.74, 6) is 0.0241. The van der Waals surface area contributed by atoms with Crippen molar-refractivity contribution in [3.63, 3.8) is 0 Å². The molecule has 1 heterocycles. The van der Waals surface area contributed by atoms with Gasteiger partial charge in [0.2, 0.25) is 5.91 Å². The third-order valence-corrected chi connectivity index (χ3v) is 4.17. The molecule has 0 atom stereocenters. The summed E-state index contributed by atoms with van der Waals surface area (Å²) in [6.45, 7) is 2.17. The van der Waals surface area contributed by atoms with Crippen molar-refractivity contribution in [3.8, 4) is 0 Å². The van der Waals surface area contributed by atoms with Gasteiger partial charge in [-0.1, -0.05) is 62.6 Å². The van der Waals surface area contributed by atoms with E-state index in [2.05, 4.69) is 22.8 Å². The fourth-order valence-corrected chi connectivity index (χ4v) is 2.88. The Kier molecular flexibility index (Phi) is 5.26. The number of amides is 1. The number of rotatable bonds is 7. The third kappa shape index (κ3) is 3.65. The summed E-state index contributed by atoms with van der Waals surface area (Å²) in [6.07, 6.45) is 4.94. The van der Waals surface area contributed by atoms with Crippen LogP contribution in [0.3, 0.4) is 0 Å². The maximum absolute atomic E-state index is 12.1. The largest absolute Gasteiger partial charge is 0.297 e. The van der Waals surface area contributed by atoms with Gasteiger partial charge in [0.25, 0.3) is 0 Å².